The number of nitrogens with zero attached hydrogens (tertiary/aromatic N) is 4. The van der Waals surface area contributed by atoms with Gasteiger partial charge in [0, 0.05) is 25.0 Å². The molecule has 7 nitrogen and oxygen atoms in total. The zero-order valence-corrected chi connectivity index (χ0v) is 19.4. The molecule has 0 amide bonds. The number of furan rings is 1. The Bertz CT molecular complexity index is 1210. The number of aromatic nitrogens is 3. The van der Waals surface area contributed by atoms with Gasteiger partial charge in [0.1, 0.15) is 13.2 Å². The minimum absolute atomic E-state index is 0.151. The van der Waals surface area contributed by atoms with E-state index in [9.17, 15) is 0 Å². The zero-order valence-electron chi connectivity index (χ0n) is 18.5. The molecule has 1 fully saturated rings. The summed E-state index contributed by atoms with van der Waals surface area (Å²) in [5.41, 5.74) is 2.94. The van der Waals surface area contributed by atoms with E-state index in [1.54, 1.807) is 6.26 Å². The molecule has 8 heteroatoms. The lowest BCUT2D eigenvalue weighted by atomic mass is 9.71. The van der Waals surface area contributed by atoms with Crippen LogP contribution in [-0.2, 0) is 19.1 Å². The molecule has 168 valence electrons. The van der Waals surface area contributed by atoms with Crippen LogP contribution < -0.4 is 9.47 Å². The molecule has 0 bridgehead atoms. The molecular formula is C24H28N4O3S. The summed E-state index contributed by atoms with van der Waals surface area (Å²) >= 11 is 5.74. The van der Waals surface area contributed by atoms with Gasteiger partial charge in [0.05, 0.1) is 12.9 Å². The Kier molecular flexibility index (Phi) is 4.69. The van der Waals surface area contributed by atoms with Crippen LogP contribution in [0.4, 0.5) is 0 Å². The fraction of sp³-hybridized carbons (Fsp3) is 0.500. The second-order valence-electron chi connectivity index (χ2n) is 9.28. The molecule has 1 atom stereocenters. The lowest BCUT2D eigenvalue weighted by molar-refractivity contribution is 0.0930. The average molecular weight is 453 g/mol. The van der Waals surface area contributed by atoms with E-state index >= 15 is 0 Å². The molecule has 32 heavy (non-hydrogen) atoms. The summed E-state index contributed by atoms with van der Waals surface area (Å²) in [7, 11) is 1.95. The van der Waals surface area contributed by atoms with Crippen LogP contribution in [-0.4, -0.2) is 39.0 Å². The van der Waals surface area contributed by atoms with Gasteiger partial charge in [-0.15, -0.1) is 5.10 Å². The summed E-state index contributed by atoms with van der Waals surface area (Å²) in [6.07, 6.45) is 6.60. The Morgan fingerprint density at radius 2 is 1.91 bits per heavy atom. The van der Waals surface area contributed by atoms with Gasteiger partial charge in [0.2, 0.25) is 0 Å². The molecule has 1 aromatic carbocycles. The van der Waals surface area contributed by atoms with E-state index in [0.29, 0.717) is 24.7 Å². The van der Waals surface area contributed by atoms with Gasteiger partial charge in [0.15, 0.2) is 27.9 Å². The second kappa shape index (κ2) is 7.49. The fourth-order valence-electron chi connectivity index (χ4n) is 5.74. The van der Waals surface area contributed by atoms with Crippen molar-refractivity contribution in [1.82, 2.24) is 19.2 Å². The number of fused-ring (bicyclic) bond motifs is 3. The van der Waals surface area contributed by atoms with Gasteiger partial charge in [-0.1, -0.05) is 12.8 Å². The molecule has 1 aliphatic carbocycles. The Morgan fingerprint density at radius 1 is 1.16 bits per heavy atom. The van der Waals surface area contributed by atoms with E-state index in [1.165, 1.54) is 36.8 Å². The maximum atomic E-state index is 5.94. The maximum absolute atomic E-state index is 5.94. The Balaban J connectivity index is 1.39. The van der Waals surface area contributed by atoms with E-state index in [1.807, 2.05) is 28.4 Å². The van der Waals surface area contributed by atoms with Gasteiger partial charge in [-0.25, -0.2) is 4.68 Å². The molecule has 2 aromatic heterocycles. The smallest absolute Gasteiger partial charge is 0.199 e. The van der Waals surface area contributed by atoms with Gasteiger partial charge in [-0.2, -0.15) is 0 Å². The Morgan fingerprint density at radius 3 is 2.62 bits per heavy atom. The third-order valence-electron chi connectivity index (χ3n) is 7.45. The molecule has 4 heterocycles. The van der Waals surface area contributed by atoms with Crippen molar-refractivity contribution in [3.8, 4) is 23.1 Å². The van der Waals surface area contributed by atoms with Gasteiger partial charge >= 0.3 is 0 Å². The molecule has 0 saturated heterocycles. The van der Waals surface area contributed by atoms with Crippen molar-refractivity contribution in [3.63, 3.8) is 0 Å². The van der Waals surface area contributed by atoms with E-state index in [4.69, 9.17) is 31.2 Å². The lowest BCUT2D eigenvalue weighted by Crippen LogP contribution is -2.46. The van der Waals surface area contributed by atoms with Crippen LogP contribution in [0, 0.1) is 4.77 Å². The molecule has 0 unspecified atom stereocenters. The summed E-state index contributed by atoms with van der Waals surface area (Å²) in [5.74, 6) is 3.24. The van der Waals surface area contributed by atoms with Crippen molar-refractivity contribution in [3.05, 3.63) is 46.4 Å². The van der Waals surface area contributed by atoms with E-state index in [0.717, 1.165) is 29.6 Å². The van der Waals surface area contributed by atoms with Crippen LogP contribution in [0.1, 0.15) is 49.8 Å². The fourth-order valence-corrected chi connectivity index (χ4v) is 5.93. The summed E-state index contributed by atoms with van der Waals surface area (Å²) in [6.45, 7) is 5.14. The minimum Gasteiger partial charge on any atom is -0.486 e. The molecule has 1 spiro atoms. The number of ether oxygens (including phenoxy) is 2. The largest absolute Gasteiger partial charge is 0.486 e. The van der Waals surface area contributed by atoms with Crippen molar-refractivity contribution < 1.29 is 13.9 Å². The van der Waals surface area contributed by atoms with Crippen LogP contribution in [0.2, 0.25) is 0 Å². The third kappa shape index (κ3) is 3.03. The molecule has 2 aliphatic heterocycles. The van der Waals surface area contributed by atoms with Gasteiger partial charge in [0.25, 0.3) is 0 Å². The molecule has 6 rings (SSSR count). The van der Waals surface area contributed by atoms with E-state index < -0.39 is 0 Å². The molecule has 0 radical (unpaired) electrons. The highest BCUT2D eigenvalue weighted by molar-refractivity contribution is 7.71. The predicted octanol–water partition coefficient (Wildman–Crippen LogP) is 4.83. The van der Waals surface area contributed by atoms with Crippen molar-refractivity contribution in [1.29, 1.82) is 0 Å². The monoisotopic (exact) mass is 452 g/mol. The quantitative estimate of drug-likeness (QED) is 0.531. The lowest BCUT2D eigenvalue weighted by Gasteiger charge is -2.46. The van der Waals surface area contributed by atoms with Gasteiger partial charge in [-0.3, -0.25) is 4.90 Å². The highest BCUT2D eigenvalue weighted by Crippen LogP contribution is 2.52. The van der Waals surface area contributed by atoms with Gasteiger partial charge in [-0.05, 0) is 67.4 Å². The van der Waals surface area contributed by atoms with Crippen molar-refractivity contribution in [2.24, 2.45) is 7.05 Å². The average Bonchev–Trinajstić information content (AvgIpc) is 3.55. The van der Waals surface area contributed by atoms with Crippen molar-refractivity contribution in [2.75, 3.05) is 19.8 Å². The van der Waals surface area contributed by atoms with Gasteiger partial charge < -0.3 is 18.5 Å². The first-order valence-corrected chi connectivity index (χ1v) is 11.8. The molecule has 3 aromatic rings. The van der Waals surface area contributed by atoms with Crippen molar-refractivity contribution in [2.45, 2.75) is 50.7 Å². The standard InChI is InChI=1S/C24H28N4O3S/c1-16-17-12-20-21(31-11-10-30-20)13-18(17)24(7-3-4-8-24)14-27(16)15-28-23(32)26(2)22(25-28)19-6-5-9-29-19/h5-6,9,12-13,16H,3-4,7-8,10-11,14-15H2,1-2H3/t16-/m0/s1. The zero-order chi connectivity index (χ0) is 21.9. The summed E-state index contributed by atoms with van der Waals surface area (Å²) in [6, 6.07) is 8.50. The first-order valence-electron chi connectivity index (χ1n) is 11.4. The number of benzene rings is 1. The third-order valence-corrected chi connectivity index (χ3v) is 7.93. The summed E-state index contributed by atoms with van der Waals surface area (Å²) in [4.78, 5) is 2.51. The molecular weight excluding hydrogens is 424 g/mol. The van der Waals surface area contributed by atoms with Crippen molar-refractivity contribution >= 4 is 12.2 Å². The topological polar surface area (TPSA) is 57.6 Å². The maximum Gasteiger partial charge on any atom is 0.199 e. The molecule has 0 N–H and O–H groups in total. The van der Waals surface area contributed by atoms with Crippen LogP contribution in [0.5, 0.6) is 11.5 Å². The first-order chi connectivity index (χ1) is 15.6. The van der Waals surface area contributed by atoms with Crippen LogP contribution in [0.15, 0.2) is 34.9 Å². The summed E-state index contributed by atoms with van der Waals surface area (Å²) in [5, 5.41) is 4.82. The van der Waals surface area contributed by atoms with E-state index in [2.05, 4.69) is 24.0 Å². The van der Waals surface area contributed by atoms with Crippen LogP contribution in [0.3, 0.4) is 0 Å². The second-order valence-corrected chi connectivity index (χ2v) is 9.64. The number of hydrogen-bond donors (Lipinski definition) is 0. The highest BCUT2D eigenvalue weighted by Gasteiger charge is 2.45. The Hall–Kier alpha value is -2.58. The number of rotatable bonds is 3. The van der Waals surface area contributed by atoms with Crippen LogP contribution >= 0.6 is 12.2 Å². The first kappa shape index (κ1) is 20.1. The normalized spacial score (nSPS) is 21.8. The van der Waals surface area contributed by atoms with E-state index in [-0.39, 0.29) is 11.5 Å². The highest BCUT2D eigenvalue weighted by atomic mass is 32.1. The Labute approximate surface area is 192 Å². The SMILES string of the molecule is C[C@H]1c2cc3c(cc2C2(CCCC2)CN1Cn1nc(-c2ccco2)n(C)c1=S)OCCO3. The van der Waals surface area contributed by atoms with Crippen LogP contribution in [0.25, 0.3) is 11.6 Å². The minimum atomic E-state index is 0.151. The predicted molar refractivity (Wildman–Crippen MR) is 122 cm³/mol. The number of hydrogen-bond acceptors (Lipinski definition) is 6. The molecule has 1 saturated carbocycles. The summed E-state index contributed by atoms with van der Waals surface area (Å²) < 4.78 is 22.0. The molecule has 3 aliphatic rings.